The summed E-state index contributed by atoms with van der Waals surface area (Å²) in [6, 6.07) is 12.2. The zero-order chi connectivity index (χ0) is 15.9. The van der Waals surface area contributed by atoms with Gasteiger partial charge >= 0.3 is 0 Å². The summed E-state index contributed by atoms with van der Waals surface area (Å²) < 4.78 is 1.65. The van der Waals surface area contributed by atoms with Crippen molar-refractivity contribution < 1.29 is 4.79 Å². The maximum absolute atomic E-state index is 12.2. The molecule has 0 aliphatic heterocycles. The van der Waals surface area contributed by atoms with Crippen LogP contribution < -0.4 is 5.32 Å². The Balaban J connectivity index is 1.74. The highest BCUT2D eigenvalue weighted by atomic mass is 32.2. The molecule has 22 heavy (non-hydrogen) atoms. The summed E-state index contributed by atoms with van der Waals surface area (Å²) in [4.78, 5) is 12.2. The standard InChI is InChI=1S/C17H23N3OS/c1-13(2)15-11-16(20(3)19-15)17(21)18-9-10-22-12-14-7-5-4-6-8-14/h4-8,11,13H,9-10,12H2,1-3H3,(H,18,21). The SMILES string of the molecule is CC(C)c1cc(C(=O)NCCSCc2ccccc2)n(C)n1. The lowest BCUT2D eigenvalue weighted by molar-refractivity contribution is 0.0947. The predicted molar refractivity (Wildman–Crippen MR) is 92.2 cm³/mol. The number of hydrogen-bond donors (Lipinski definition) is 1. The van der Waals surface area contributed by atoms with Crippen LogP contribution in [-0.2, 0) is 12.8 Å². The Hall–Kier alpha value is -1.75. The molecule has 1 aromatic carbocycles. The highest BCUT2D eigenvalue weighted by Gasteiger charge is 2.14. The number of nitrogens with one attached hydrogen (secondary N) is 1. The Morgan fingerprint density at radius 2 is 2.05 bits per heavy atom. The van der Waals surface area contributed by atoms with Crippen LogP contribution in [0.4, 0.5) is 0 Å². The molecule has 0 saturated heterocycles. The van der Waals surface area contributed by atoms with Gasteiger partial charge < -0.3 is 5.32 Å². The van der Waals surface area contributed by atoms with E-state index in [4.69, 9.17) is 0 Å². The van der Waals surface area contributed by atoms with Gasteiger partial charge in [-0.2, -0.15) is 16.9 Å². The van der Waals surface area contributed by atoms with E-state index in [0.29, 0.717) is 18.2 Å². The van der Waals surface area contributed by atoms with E-state index < -0.39 is 0 Å². The number of nitrogens with zero attached hydrogens (tertiary/aromatic N) is 2. The molecule has 0 fully saturated rings. The summed E-state index contributed by atoms with van der Waals surface area (Å²) >= 11 is 1.82. The molecular weight excluding hydrogens is 294 g/mol. The third kappa shape index (κ3) is 4.63. The molecule has 1 amide bonds. The Morgan fingerprint density at radius 3 is 2.68 bits per heavy atom. The van der Waals surface area contributed by atoms with Crippen LogP contribution in [0, 0.1) is 0 Å². The van der Waals surface area contributed by atoms with Gasteiger partial charge in [-0.25, -0.2) is 0 Å². The summed E-state index contributed by atoms with van der Waals surface area (Å²) in [6.07, 6.45) is 0. The molecule has 0 aliphatic carbocycles. The number of aromatic nitrogens is 2. The zero-order valence-electron chi connectivity index (χ0n) is 13.4. The first kappa shape index (κ1) is 16.6. The second kappa shape index (κ2) is 8.03. The number of aryl methyl sites for hydroxylation is 1. The molecule has 2 rings (SSSR count). The van der Waals surface area contributed by atoms with Crippen molar-refractivity contribution in [3.05, 3.63) is 53.3 Å². The highest BCUT2D eigenvalue weighted by molar-refractivity contribution is 7.98. The van der Waals surface area contributed by atoms with Gasteiger partial charge in [-0.3, -0.25) is 9.48 Å². The van der Waals surface area contributed by atoms with E-state index in [9.17, 15) is 4.79 Å². The number of carbonyl (C=O) groups is 1. The minimum Gasteiger partial charge on any atom is -0.350 e. The van der Waals surface area contributed by atoms with Gasteiger partial charge in [0.15, 0.2) is 0 Å². The van der Waals surface area contributed by atoms with Crippen LogP contribution in [-0.4, -0.2) is 28.0 Å². The topological polar surface area (TPSA) is 46.9 Å². The second-order valence-corrected chi connectivity index (χ2v) is 6.63. The van der Waals surface area contributed by atoms with E-state index in [2.05, 4.69) is 36.4 Å². The lowest BCUT2D eigenvalue weighted by Crippen LogP contribution is -2.27. The van der Waals surface area contributed by atoms with Crippen molar-refractivity contribution in [2.75, 3.05) is 12.3 Å². The molecule has 1 N–H and O–H groups in total. The first-order valence-corrected chi connectivity index (χ1v) is 8.67. The third-order valence-corrected chi connectivity index (χ3v) is 4.40. The minimum atomic E-state index is -0.0535. The van der Waals surface area contributed by atoms with Gasteiger partial charge in [-0.15, -0.1) is 0 Å². The average Bonchev–Trinajstić information content (AvgIpc) is 2.90. The van der Waals surface area contributed by atoms with Crippen LogP contribution in [0.15, 0.2) is 36.4 Å². The second-order valence-electron chi connectivity index (χ2n) is 5.53. The summed E-state index contributed by atoms with van der Waals surface area (Å²) in [6.45, 7) is 4.81. The molecule has 0 bridgehead atoms. The quantitative estimate of drug-likeness (QED) is 0.798. The molecule has 0 unspecified atom stereocenters. The molecule has 0 spiro atoms. The molecule has 0 atom stereocenters. The normalized spacial score (nSPS) is 10.9. The third-order valence-electron chi connectivity index (χ3n) is 3.37. The number of carbonyl (C=O) groups excluding carboxylic acids is 1. The van der Waals surface area contributed by atoms with Crippen molar-refractivity contribution in [2.24, 2.45) is 7.05 Å². The molecule has 1 aromatic heterocycles. The van der Waals surface area contributed by atoms with E-state index in [1.54, 1.807) is 4.68 Å². The van der Waals surface area contributed by atoms with E-state index in [0.717, 1.165) is 17.2 Å². The largest absolute Gasteiger partial charge is 0.350 e. The molecule has 5 heteroatoms. The zero-order valence-corrected chi connectivity index (χ0v) is 14.2. The van der Waals surface area contributed by atoms with E-state index in [-0.39, 0.29) is 5.91 Å². The van der Waals surface area contributed by atoms with E-state index >= 15 is 0 Å². The van der Waals surface area contributed by atoms with Crippen LogP contribution in [0.25, 0.3) is 0 Å². The molecule has 0 radical (unpaired) electrons. The number of benzene rings is 1. The Labute approximate surface area is 136 Å². The molecule has 0 aliphatic rings. The fraction of sp³-hybridized carbons (Fsp3) is 0.412. The molecule has 118 valence electrons. The minimum absolute atomic E-state index is 0.0535. The Bertz CT molecular complexity index is 608. The van der Waals surface area contributed by atoms with E-state index in [1.165, 1.54) is 5.56 Å². The van der Waals surface area contributed by atoms with Crippen molar-refractivity contribution in [1.29, 1.82) is 0 Å². The number of amides is 1. The predicted octanol–water partition coefficient (Wildman–Crippen LogP) is 3.21. The van der Waals surface area contributed by atoms with Gasteiger partial charge in [-0.05, 0) is 17.5 Å². The van der Waals surface area contributed by atoms with Crippen LogP contribution in [0.2, 0.25) is 0 Å². The van der Waals surface area contributed by atoms with Crippen LogP contribution >= 0.6 is 11.8 Å². The van der Waals surface area contributed by atoms with Gasteiger partial charge in [0.05, 0.1) is 5.69 Å². The molecule has 4 nitrogen and oxygen atoms in total. The van der Waals surface area contributed by atoms with Crippen LogP contribution in [0.1, 0.15) is 41.5 Å². The summed E-state index contributed by atoms with van der Waals surface area (Å²) in [5.74, 6) is 2.14. The summed E-state index contributed by atoms with van der Waals surface area (Å²) in [5.41, 5.74) is 2.88. The van der Waals surface area contributed by atoms with Gasteiger partial charge in [-0.1, -0.05) is 44.2 Å². The Kier molecular flexibility index (Phi) is 6.07. The molecule has 0 saturated carbocycles. The monoisotopic (exact) mass is 317 g/mol. The number of thioether (sulfide) groups is 1. The Morgan fingerprint density at radius 1 is 1.32 bits per heavy atom. The van der Waals surface area contributed by atoms with Crippen molar-refractivity contribution in [2.45, 2.75) is 25.5 Å². The molecule has 1 heterocycles. The molecular formula is C17H23N3OS. The first-order chi connectivity index (χ1) is 10.6. The van der Waals surface area contributed by atoms with Crippen LogP contribution in [0.5, 0.6) is 0 Å². The number of hydrogen-bond acceptors (Lipinski definition) is 3. The first-order valence-electron chi connectivity index (χ1n) is 7.51. The van der Waals surface area contributed by atoms with Gasteiger partial charge in [0.25, 0.3) is 5.91 Å². The van der Waals surface area contributed by atoms with Crippen molar-refractivity contribution in [3.63, 3.8) is 0 Å². The smallest absolute Gasteiger partial charge is 0.269 e. The van der Waals surface area contributed by atoms with Crippen molar-refractivity contribution >= 4 is 17.7 Å². The fourth-order valence-corrected chi connectivity index (χ4v) is 2.89. The summed E-state index contributed by atoms with van der Waals surface area (Å²) in [7, 11) is 1.81. The lowest BCUT2D eigenvalue weighted by Gasteiger charge is -2.05. The maximum atomic E-state index is 12.2. The van der Waals surface area contributed by atoms with E-state index in [1.807, 2.05) is 43.1 Å². The van der Waals surface area contributed by atoms with Crippen molar-refractivity contribution in [1.82, 2.24) is 15.1 Å². The van der Waals surface area contributed by atoms with Gasteiger partial charge in [0.1, 0.15) is 5.69 Å². The van der Waals surface area contributed by atoms with Crippen LogP contribution in [0.3, 0.4) is 0 Å². The maximum Gasteiger partial charge on any atom is 0.269 e. The molecule has 2 aromatic rings. The van der Waals surface area contributed by atoms with Gasteiger partial charge in [0, 0.05) is 25.1 Å². The lowest BCUT2D eigenvalue weighted by atomic mass is 10.1. The van der Waals surface area contributed by atoms with Crippen molar-refractivity contribution in [3.8, 4) is 0 Å². The summed E-state index contributed by atoms with van der Waals surface area (Å²) in [5, 5.41) is 7.32. The van der Waals surface area contributed by atoms with Gasteiger partial charge in [0.2, 0.25) is 0 Å². The fourth-order valence-electron chi connectivity index (χ4n) is 2.08. The highest BCUT2D eigenvalue weighted by Crippen LogP contribution is 2.14. The number of rotatable bonds is 7. The average molecular weight is 317 g/mol.